The lowest BCUT2D eigenvalue weighted by Crippen LogP contribution is -1.95. The summed E-state index contributed by atoms with van der Waals surface area (Å²) in [5.41, 5.74) is 7.49. The third-order valence-corrected chi connectivity index (χ3v) is 5.57. The van der Waals surface area contributed by atoms with Gasteiger partial charge in [0.25, 0.3) is 0 Å². The molecule has 0 unspecified atom stereocenters. The summed E-state index contributed by atoms with van der Waals surface area (Å²) < 4.78 is 1.30. The molecule has 1 aliphatic rings. The van der Waals surface area contributed by atoms with Crippen LogP contribution in [0.3, 0.4) is 0 Å². The van der Waals surface area contributed by atoms with E-state index in [4.69, 9.17) is 0 Å². The second-order valence-corrected chi connectivity index (χ2v) is 7.26. The summed E-state index contributed by atoms with van der Waals surface area (Å²) in [6, 6.07) is 13.4. The summed E-state index contributed by atoms with van der Waals surface area (Å²) >= 11 is 3.79. The summed E-state index contributed by atoms with van der Waals surface area (Å²) in [5, 5.41) is 0. The largest absolute Gasteiger partial charge is 0.0654 e. The van der Waals surface area contributed by atoms with Crippen molar-refractivity contribution in [1.29, 1.82) is 0 Å². The highest BCUT2D eigenvalue weighted by Gasteiger charge is 2.21. The van der Waals surface area contributed by atoms with Gasteiger partial charge >= 0.3 is 0 Å². The molecule has 0 spiro atoms. The van der Waals surface area contributed by atoms with Crippen LogP contribution in [0.5, 0.6) is 0 Å². The van der Waals surface area contributed by atoms with E-state index in [2.05, 4.69) is 59.3 Å². The van der Waals surface area contributed by atoms with Crippen molar-refractivity contribution in [2.45, 2.75) is 58.3 Å². The highest BCUT2D eigenvalue weighted by molar-refractivity contribution is 9.10. The fourth-order valence-electron chi connectivity index (χ4n) is 3.60. The second kappa shape index (κ2) is 7.46. The van der Waals surface area contributed by atoms with Crippen LogP contribution < -0.4 is 0 Å². The van der Waals surface area contributed by atoms with E-state index in [1.54, 1.807) is 11.1 Å². The molecule has 0 N–H and O–H groups in total. The molecule has 22 heavy (non-hydrogen) atoms. The predicted octanol–water partition coefficient (Wildman–Crippen LogP) is 6.92. The van der Waals surface area contributed by atoms with Gasteiger partial charge in [-0.2, -0.15) is 0 Å². The van der Waals surface area contributed by atoms with Crippen molar-refractivity contribution >= 4 is 15.9 Å². The second-order valence-electron chi connectivity index (χ2n) is 6.40. The van der Waals surface area contributed by atoms with Crippen molar-refractivity contribution < 1.29 is 0 Å². The van der Waals surface area contributed by atoms with Crippen LogP contribution in [0.15, 0.2) is 40.9 Å². The first kappa shape index (κ1) is 15.8. The Morgan fingerprint density at radius 1 is 0.864 bits per heavy atom. The number of hydrogen-bond acceptors (Lipinski definition) is 0. The summed E-state index contributed by atoms with van der Waals surface area (Å²) in [7, 11) is 0. The molecule has 2 aromatic rings. The number of fused-ring (bicyclic) bond motifs is 3. The minimum Gasteiger partial charge on any atom is -0.0654 e. The van der Waals surface area contributed by atoms with Gasteiger partial charge in [0.15, 0.2) is 0 Å². The van der Waals surface area contributed by atoms with Crippen molar-refractivity contribution in [3.05, 3.63) is 57.6 Å². The first-order valence-corrected chi connectivity index (χ1v) is 9.49. The minimum atomic E-state index is 1.11. The van der Waals surface area contributed by atoms with Crippen LogP contribution in [0.4, 0.5) is 0 Å². The van der Waals surface area contributed by atoms with E-state index >= 15 is 0 Å². The van der Waals surface area contributed by atoms with E-state index in [9.17, 15) is 0 Å². The maximum atomic E-state index is 3.79. The fraction of sp³-hybridized carbons (Fsp3) is 0.429. The maximum absolute atomic E-state index is 3.79. The Labute approximate surface area is 143 Å². The monoisotopic (exact) mass is 356 g/mol. The Hall–Kier alpha value is -1.08. The maximum Gasteiger partial charge on any atom is 0.0210 e. The Kier molecular flexibility index (Phi) is 5.36. The van der Waals surface area contributed by atoms with Gasteiger partial charge in [-0.15, -0.1) is 0 Å². The lowest BCUT2D eigenvalue weighted by Gasteiger charge is -2.11. The lowest BCUT2D eigenvalue weighted by molar-refractivity contribution is 0.606. The summed E-state index contributed by atoms with van der Waals surface area (Å²) in [6.07, 6.45) is 10.5. The molecule has 2 aromatic carbocycles. The molecule has 0 amide bonds. The van der Waals surface area contributed by atoms with Gasteiger partial charge in [0, 0.05) is 4.47 Å². The van der Waals surface area contributed by atoms with Gasteiger partial charge in [-0.25, -0.2) is 0 Å². The molecular formula is C21H25Br. The third kappa shape index (κ3) is 3.30. The van der Waals surface area contributed by atoms with Gasteiger partial charge in [0.1, 0.15) is 0 Å². The van der Waals surface area contributed by atoms with Crippen LogP contribution in [0.1, 0.15) is 62.1 Å². The molecule has 0 aliphatic heterocycles. The molecule has 0 bridgehead atoms. The fourth-order valence-corrected chi connectivity index (χ4v) is 4.17. The first-order chi connectivity index (χ1) is 10.8. The van der Waals surface area contributed by atoms with Gasteiger partial charge in [0.2, 0.25) is 0 Å². The summed E-state index contributed by atoms with van der Waals surface area (Å²) in [4.78, 5) is 0. The van der Waals surface area contributed by atoms with E-state index in [0.717, 1.165) is 6.42 Å². The van der Waals surface area contributed by atoms with E-state index in [1.165, 1.54) is 66.1 Å². The molecule has 1 heteroatoms. The molecule has 116 valence electrons. The smallest absolute Gasteiger partial charge is 0.0210 e. The van der Waals surface area contributed by atoms with Crippen LogP contribution in [-0.2, 0) is 12.8 Å². The number of hydrogen-bond donors (Lipinski definition) is 0. The van der Waals surface area contributed by atoms with Crippen LogP contribution in [-0.4, -0.2) is 0 Å². The van der Waals surface area contributed by atoms with E-state index in [0.29, 0.717) is 0 Å². The highest BCUT2D eigenvalue weighted by atomic mass is 79.9. The van der Waals surface area contributed by atoms with Crippen molar-refractivity contribution in [3.8, 4) is 11.1 Å². The molecule has 0 saturated carbocycles. The molecule has 0 aromatic heterocycles. The highest BCUT2D eigenvalue weighted by Crippen LogP contribution is 2.41. The Morgan fingerprint density at radius 3 is 2.50 bits per heavy atom. The average Bonchev–Trinajstić information content (AvgIpc) is 2.91. The minimum absolute atomic E-state index is 1.11. The number of unbranched alkanes of at least 4 members (excludes halogenated alkanes) is 5. The molecule has 0 fully saturated rings. The summed E-state index contributed by atoms with van der Waals surface area (Å²) in [6.45, 7) is 2.28. The van der Waals surface area contributed by atoms with Gasteiger partial charge in [-0.3, -0.25) is 0 Å². The van der Waals surface area contributed by atoms with E-state index in [-0.39, 0.29) is 0 Å². The average molecular weight is 357 g/mol. The van der Waals surface area contributed by atoms with Gasteiger partial charge < -0.3 is 0 Å². The topological polar surface area (TPSA) is 0 Å². The van der Waals surface area contributed by atoms with Gasteiger partial charge in [-0.1, -0.05) is 85.3 Å². The van der Waals surface area contributed by atoms with Crippen molar-refractivity contribution in [2.24, 2.45) is 0 Å². The molecule has 0 heterocycles. The Balaban J connectivity index is 1.71. The lowest BCUT2D eigenvalue weighted by atomic mass is 9.96. The van der Waals surface area contributed by atoms with Gasteiger partial charge in [-0.05, 0) is 53.1 Å². The quantitative estimate of drug-likeness (QED) is 0.403. The van der Waals surface area contributed by atoms with E-state index in [1.807, 2.05) is 0 Å². The third-order valence-electron chi connectivity index (χ3n) is 4.83. The van der Waals surface area contributed by atoms with Crippen molar-refractivity contribution in [1.82, 2.24) is 0 Å². The van der Waals surface area contributed by atoms with Crippen LogP contribution >= 0.6 is 15.9 Å². The van der Waals surface area contributed by atoms with Gasteiger partial charge in [0.05, 0.1) is 0 Å². The first-order valence-electron chi connectivity index (χ1n) is 8.69. The molecular weight excluding hydrogens is 332 g/mol. The van der Waals surface area contributed by atoms with Crippen LogP contribution in [0, 0.1) is 0 Å². The predicted molar refractivity (Wildman–Crippen MR) is 99.5 cm³/mol. The molecule has 1 aliphatic carbocycles. The zero-order valence-electron chi connectivity index (χ0n) is 13.5. The molecule has 3 rings (SSSR count). The molecule has 0 saturated heterocycles. The number of halogens is 1. The standard InChI is InChI=1S/C21H25Br/c1-2-3-4-5-6-7-12-19-20-15-16-10-8-9-11-17(16)18(20)13-14-21(19)22/h8-11,13-14H,2-7,12,15H2,1H3. The summed E-state index contributed by atoms with van der Waals surface area (Å²) in [5.74, 6) is 0. The van der Waals surface area contributed by atoms with Crippen molar-refractivity contribution in [2.75, 3.05) is 0 Å². The normalized spacial score (nSPS) is 12.3. The number of benzene rings is 2. The van der Waals surface area contributed by atoms with Crippen LogP contribution in [0.25, 0.3) is 11.1 Å². The number of rotatable bonds is 7. The van der Waals surface area contributed by atoms with Crippen LogP contribution in [0.2, 0.25) is 0 Å². The molecule has 0 nitrogen and oxygen atoms in total. The SMILES string of the molecule is CCCCCCCCc1c(Br)ccc2c1Cc1ccccc1-2. The Bertz CT molecular complexity index is 642. The molecule has 0 radical (unpaired) electrons. The zero-order valence-corrected chi connectivity index (χ0v) is 15.1. The Morgan fingerprint density at radius 2 is 1.64 bits per heavy atom. The van der Waals surface area contributed by atoms with E-state index < -0.39 is 0 Å². The molecule has 0 atom stereocenters. The van der Waals surface area contributed by atoms with Crippen molar-refractivity contribution in [3.63, 3.8) is 0 Å². The zero-order chi connectivity index (χ0) is 15.4.